The number of carbonyl (C=O) groups excluding carboxylic acids is 1. The number of carbonyl (C=O) groups is 1. The average molecular weight is 413 g/mol. The Bertz CT molecular complexity index is 1060. The molecule has 2 aromatic carbocycles. The molecule has 1 saturated heterocycles. The topological polar surface area (TPSA) is 49.3 Å². The van der Waals surface area contributed by atoms with Crippen molar-refractivity contribution >= 4 is 45.8 Å². The lowest BCUT2D eigenvalue weighted by Gasteiger charge is -2.35. The van der Waals surface area contributed by atoms with E-state index < -0.39 is 0 Å². The lowest BCUT2D eigenvalue weighted by Crippen LogP contribution is -2.48. The Hall–Kier alpha value is -2.63. The van der Waals surface area contributed by atoms with Crippen molar-refractivity contribution in [3.8, 4) is 11.1 Å². The maximum absolute atomic E-state index is 11.8. The van der Waals surface area contributed by atoms with Gasteiger partial charge in [0.2, 0.25) is 5.91 Å². The number of amides is 1. The summed E-state index contributed by atoms with van der Waals surface area (Å²) in [6.07, 6.45) is 2.91. The molecule has 1 fully saturated rings. The maximum atomic E-state index is 11.8. The Labute approximate surface area is 173 Å². The molecule has 0 spiro atoms. The monoisotopic (exact) mass is 412 g/mol. The Morgan fingerprint density at radius 3 is 2.46 bits per heavy atom. The second kappa shape index (κ2) is 7.78. The number of nitrogens with zero attached hydrogens (tertiary/aromatic N) is 4. The maximum Gasteiger partial charge on any atom is 0.246 e. The van der Waals surface area contributed by atoms with E-state index >= 15 is 0 Å². The van der Waals surface area contributed by atoms with E-state index in [2.05, 4.69) is 21.4 Å². The quantitative estimate of drug-likeness (QED) is 0.596. The summed E-state index contributed by atoms with van der Waals surface area (Å²) in [7, 11) is 0. The summed E-state index contributed by atoms with van der Waals surface area (Å²) in [6.45, 7) is 6.19. The van der Waals surface area contributed by atoms with Crippen molar-refractivity contribution in [3.05, 3.63) is 65.4 Å². The predicted molar refractivity (Wildman–Crippen MR) is 114 cm³/mol. The van der Waals surface area contributed by atoms with Gasteiger partial charge in [0.25, 0.3) is 0 Å². The number of anilines is 1. The molecule has 5 nitrogen and oxygen atoms in total. The third kappa shape index (κ3) is 3.43. The fraction of sp³-hybridized carbons (Fsp3) is 0.190. The molecule has 28 heavy (non-hydrogen) atoms. The number of hydrogen-bond acceptors (Lipinski definition) is 4. The number of aromatic nitrogens is 2. The van der Waals surface area contributed by atoms with Gasteiger partial charge in [-0.1, -0.05) is 48.0 Å². The first-order valence-corrected chi connectivity index (χ1v) is 9.69. The van der Waals surface area contributed by atoms with E-state index in [9.17, 15) is 4.79 Å². The van der Waals surface area contributed by atoms with Crippen molar-refractivity contribution < 1.29 is 4.79 Å². The summed E-state index contributed by atoms with van der Waals surface area (Å²) in [5.41, 5.74) is 2.51. The van der Waals surface area contributed by atoms with Gasteiger partial charge >= 0.3 is 0 Å². The molecule has 3 aromatic rings. The number of rotatable bonds is 3. The fourth-order valence-corrected chi connectivity index (χ4v) is 3.97. The molecule has 2 heterocycles. The van der Waals surface area contributed by atoms with Crippen molar-refractivity contribution in [2.24, 2.45) is 0 Å². The van der Waals surface area contributed by atoms with E-state index in [0.717, 1.165) is 27.8 Å². The molecular formula is C21H18Cl2N4O. The van der Waals surface area contributed by atoms with Crippen LogP contribution in [-0.2, 0) is 4.79 Å². The van der Waals surface area contributed by atoms with Gasteiger partial charge in [-0.05, 0) is 24.3 Å². The molecule has 1 amide bonds. The molecule has 4 rings (SSSR count). The van der Waals surface area contributed by atoms with Crippen molar-refractivity contribution in [2.75, 3.05) is 31.1 Å². The van der Waals surface area contributed by atoms with Gasteiger partial charge in [-0.15, -0.1) is 0 Å². The second-order valence-electron chi connectivity index (χ2n) is 6.54. The molecule has 142 valence electrons. The highest BCUT2D eigenvalue weighted by Crippen LogP contribution is 2.37. The average Bonchev–Trinajstić information content (AvgIpc) is 2.73. The third-order valence-electron chi connectivity index (χ3n) is 4.93. The van der Waals surface area contributed by atoms with Crippen molar-refractivity contribution in [2.45, 2.75) is 0 Å². The third-order valence-corrected chi connectivity index (χ3v) is 5.57. The van der Waals surface area contributed by atoms with Gasteiger partial charge in [-0.2, -0.15) is 0 Å². The van der Waals surface area contributed by atoms with Crippen LogP contribution in [0.15, 0.2) is 55.4 Å². The van der Waals surface area contributed by atoms with Crippen LogP contribution in [0.25, 0.3) is 22.0 Å². The van der Waals surface area contributed by atoms with E-state index in [1.54, 1.807) is 11.2 Å². The molecule has 0 bridgehead atoms. The molecule has 0 radical (unpaired) electrons. The van der Waals surface area contributed by atoms with Gasteiger partial charge in [-0.25, -0.2) is 9.97 Å². The Morgan fingerprint density at radius 1 is 1.00 bits per heavy atom. The zero-order chi connectivity index (χ0) is 19.7. The molecular weight excluding hydrogens is 395 g/mol. The van der Waals surface area contributed by atoms with Gasteiger partial charge < -0.3 is 9.80 Å². The molecule has 0 saturated carbocycles. The normalized spacial score (nSPS) is 14.4. The van der Waals surface area contributed by atoms with Crippen LogP contribution in [0.3, 0.4) is 0 Å². The van der Waals surface area contributed by atoms with Crippen LogP contribution >= 0.6 is 23.2 Å². The number of benzene rings is 2. The van der Waals surface area contributed by atoms with Crippen LogP contribution in [0.1, 0.15) is 0 Å². The minimum Gasteiger partial charge on any atom is -0.352 e. The molecule has 1 aromatic heterocycles. The van der Waals surface area contributed by atoms with E-state index in [-0.39, 0.29) is 5.91 Å². The Morgan fingerprint density at radius 2 is 1.75 bits per heavy atom. The van der Waals surface area contributed by atoms with Gasteiger partial charge in [0, 0.05) is 52.7 Å². The van der Waals surface area contributed by atoms with E-state index in [1.165, 1.54) is 6.08 Å². The van der Waals surface area contributed by atoms with Crippen LogP contribution in [-0.4, -0.2) is 47.0 Å². The summed E-state index contributed by atoms with van der Waals surface area (Å²) < 4.78 is 0. The lowest BCUT2D eigenvalue weighted by molar-refractivity contribution is -0.126. The largest absolute Gasteiger partial charge is 0.352 e. The minimum absolute atomic E-state index is 0.0420. The SMILES string of the molecule is C=CC(=O)N1CCN(c2ncnc3cc(-c4ccccc4Cl)c(Cl)cc23)CC1. The summed E-state index contributed by atoms with van der Waals surface area (Å²) >= 11 is 13.0. The van der Waals surface area contributed by atoms with Crippen molar-refractivity contribution in [1.82, 2.24) is 14.9 Å². The van der Waals surface area contributed by atoms with Crippen LogP contribution in [0.5, 0.6) is 0 Å². The van der Waals surface area contributed by atoms with Crippen molar-refractivity contribution in [3.63, 3.8) is 0 Å². The zero-order valence-corrected chi connectivity index (χ0v) is 16.6. The van der Waals surface area contributed by atoms with E-state index in [1.807, 2.05) is 36.4 Å². The number of piperazine rings is 1. The molecule has 1 aliphatic rings. The first-order valence-electron chi connectivity index (χ1n) is 8.94. The van der Waals surface area contributed by atoms with E-state index in [0.29, 0.717) is 36.2 Å². The summed E-state index contributed by atoms with van der Waals surface area (Å²) in [5.74, 6) is 0.780. The molecule has 7 heteroatoms. The summed E-state index contributed by atoms with van der Waals surface area (Å²) in [5, 5.41) is 2.12. The molecule has 0 unspecified atom stereocenters. The molecule has 1 aliphatic heterocycles. The van der Waals surface area contributed by atoms with Gasteiger partial charge in [0.05, 0.1) is 5.52 Å². The summed E-state index contributed by atoms with van der Waals surface area (Å²) in [4.78, 5) is 24.7. The summed E-state index contributed by atoms with van der Waals surface area (Å²) in [6, 6.07) is 11.4. The number of halogens is 2. The molecule has 0 atom stereocenters. The standard InChI is InChI=1S/C21H18Cl2N4O/c1-2-20(28)26-7-9-27(10-8-26)21-16-11-18(23)15(12-19(16)24-13-25-21)14-5-3-4-6-17(14)22/h2-6,11-13H,1,7-10H2. The predicted octanol–water partition coefficient (Wildman–Crippen LogP) is 4.44. The highest BCUT2D eigenvalue weighted by Gasteiger charge is 2.22. The number of hydrogen-bond donors (Lipinski definition) is 0. The second-order valence-corrected chi connectivity index (χ2v) is 7.36. The van der Waals surface area contributed by atoms with Crippen LogP contribution < -0.4 is 4.90 Å². The van der Waals surface area contributed by atoms with Gasteiger partial charge in [-0.3, -0.25) is 4.79 Å². The van der Waals surface area contributed by atoms with Gasteiger partial charge in [0.15, 0.2) is 0 Å². The fourth-order valence-electron chi connectivity index (χ4n) is 3.47. The van der Waals surface area contributed by atoms with Crippen molar-refractivity contribution in [1.29, 1.82) is 0 Å². The minimum atomic E-state index is -0.0420. The van der Waals surface area contributed by atoms with Crippen LogP contribution in [0, 0.1) is 0 Å². The van der Waals surface area contributed by atoms with Crippen LogP contribution in [0.2, 0.25) is 10.0 Å². The van der Waals surface area contributed by atoms with Gasteiger partial charge in [0.1, 0.15) is 12.1 Å². The molecule has 0 N–H and O–H groups in total. The lowest BCUT2D eigenvalue weighted by atomic mass is 10.0. The first kappa shape index (κ1) is 18.7. The highest BCUT2D eigenvalue weighted by atomic mass is 35.5. The molecule has 0 aliphatic carbocycles. The van der Waals surface area contributed by atoms with Crippen LogP contribution in [0.4, 0.5) is 5.82 Å². The highest BCUT2D eigenvalue weighted by molar-refractivity contribution is 6.37. The first-order chi connectivity index (χ1) is 13.6. The number of fused-ring (bicyclic) bond motifs is 1. The Balaban J connectivity index is 1.70. The Kier molecular flexibility index (Phi) is 5.20. The van der Waals surface area contributed by atoms with E-state index in [4.69, 9.17) is 23.2 Å². The zero-order valence-electron chi connectivity index (χ0n) is 15.1. The smallest absolute Gasteiger partial charge is 0.246 e.